The molecule has 1 aliphatic carbocycles. The molecule has 0 radical (unpaired) electrons. The Morgan fingerprint density at radius 2 is 1.35 bits per heavy atom. The summed E-state index contributed by atoms with van der Waals surface area (Å²) in [6.07, 6.45) is 0. The number of benzene rings is 2. The number of hydrogen-bond donors (Lipinski definition) is 3. The quantitative estimate of drug-likeness (QED) is 0.452. The van der Waals surface area contributed by atoms with Crippen LogP contribution in [0.3, 0.4) is 0 Å². The summed E-state index contributed by atoms with van der Waals surface area (Å²) < 4.78 is 0. The van der Waals surface area contributed by atoms with Gasteiger partial charge in [-0.05, 0) is 37.1 Å². The van der Waals surface area contributed by atoms with Crippen molar-refractivity contribution in [2.45, 2.75) is 58.2 Å². The van der Waals surface area contributed by atoms with E-state index in [1.54, 1.807) is 0 Å². The van der Waals surface area contributed by atoms with Crippen LogP contribution in [0.15, 0.2) is 61.0 Å². The molecule has 0 spiro atoms. The number of fused-ring (bicyclic) bond motifs is 3. The molecule has 182 valence electrons. The second-order valence-electron chi connectivity index (χ2n) is 10.6. The van der Waals surface area contributed by atoms with Crippen LogP contribution >= 0.6 is 0 Å². The average molecular weight is 497 g/mol. The summed E-state index contributed by atoms with van der Waals surface area (Å²) in [5, 5.41) is 29.1. The molecule has 0 heterocycles. The van der Waals surface area contributed by atoms with Crippen LogP contribution in [0.1, 0.15) is 36.7 Å². The number of carboxylic acids is 1. The number of aliphatic carboxylic acids is 1. The fourth-order valence-corrected chi connectivity index (χ4v) is 9.10. The topological polar surface area (TPSA) is 94.8 Å². The standard InChI is InChI=1S/C21H24OSi2.C6H12O4/c1-7-23(3,4)18-14-13-16-15-11-9-10-12-17(15)20(22)19(16)21(18)24(5,6)8-2;1-5(2,9)6(3,10)4(7)8/h7-14H,1-2H2,3-6H3;9-10H,1-3H3,(H,7,8). The van der Waals surface area contributed by atoms with Crippen molar-refractivity contribution in [3.05, 3.63) is 72.1 Å². The van der Waals surface area contributed by atoms with Gasteiger partial charge in [-0.15, -0.1) is 13.2 Å². The lowest BCUT2D eigenvalue weighted by Gasteiger charge is -2.31. The first kappa shape index (κ1) is 27.7. The van der Waals surface area contributed by atoms with Crippen LogP contribution in [0.4, 0.5) is 0 Å². The Kier molecular flexibility index (Phi) is 7.50. The Balaban J connectivity index is 0.000000347. The molecule has 3 N–H and O–H groups in total. The minimum absolute atomic E-state index is 0.175. The van der Waals surface area contributed by atoms with E-state index < -0.39 is 33.3 Å². The Bertz CT molecular complexity index is 1150. The number of carbonyl (C=O) groups excluding carboxylic acids is 1. The van der Waals surface area contributed by atoms with Gasteiger partial charge in [0.15, 0.2) is 11.4 Å². The van der Waals surface area contributed by atoms with Gasteiger partial charge in [0.05, 0.1) is 5.60 Å². The lowest BCUT2D eigenvalue weighted by Crippen LogP contribution is -2.59. The molecule has 0 amide bonds. The van der Waals surface area contributed by atoms with Crippen molar-refractivity contribution in [1.29, 1.82) is 0 Å². The zero-order chi connectivity index (χ0) is 26.3. The van der Waals surface area contributed by atoms with Crippen LogP contribution in [-0.2, 0) is 4.79 Å². The highest BCUT2D eigenvalue weighted by atomic mass is 28.3. The van der Waals surface area contributed by atoms with E-state index in [1.807, 2.05) is 18.2 Å². The lowest BCUT2D eigenvalue weighted by molar-refractivity contribution is -0.181. The molecule has 5 nitrogen and oxygen atoms in total. The Hall–Kier alpha value is -2.59. The van der Waals surface area contributed by atoms with Gasteiger partial charge in [0.25, 0.3) is 0 Å². The fourth-order valence-electron chi connectivity index (χ4n) is 3.79. The molecule has 34 heavy (non-hydrogen) atoms. The second-order valence-corrected chi connectivity index (χ2v) is 19.3. The van der Waals surface area contributed by atoms with Crippen LogP contribution in [0.25, 0.3) is 11.1 Å². The molecular weight excluding hydrogens is 460 g/mol. The van der Waals surface area contributed by atoms with Crippen molar-refractivity contribution in [3.63, 3.8) is 0 Å². The number of ketones is 1. The number of carbonyl (C=O) groups is 2. The van der Waals surface area contributed by atoms with Gasteiger partial charge in [0.1, 0.15) is 16.1 Å². The van der Waals surface area contributed by atoms with Crippen molar-refractivity contribution < 1.29 is 24.9 Å². The predicted octanol–water partition coefficient (Wildman–Crippen LogP) is 3.77. The molecule has 0 saturated carbocycles. The highest BCUT2D eigenvalue weighted by Crippen LogP contribution is 2.36. The molecule has 0 bridgehead atoms. The molecular formula is C27H36O5Si2. The summed E-state index contributed by atoms with van der Waals surface area (Å²) in [6.45, 7) is 20.9. The lowest BCUT2D eigenvalue weighted by atomic mass is 9.88. The van der Waals surface area contributed by atoms with E-state index in [4.69, 9.17) is 15.3 Å². The van der Waals surface area contributed by atoms with E-state index in [1.165, 1.54) is 24.2 Å². The largest absolute Gasteiger partial charge is 0.479 e. The van der Waals surface area contributed by atoms with Gasteiger partial charge in [-0.2, -0.15) is 0 Å². The predicted molar refractivity (Wildman–Crippen MR) is 144 cm³/mol. The molecule has 1 aliphatic rings. The van der Waals surface area contributed by atoms with Crippen molar-refractivity contribution in [2.24, 2.45) is 0 Å². The molecule has 0 fully saturated rings. The first-order valence-corrected chi connectivity index (χ1v) is 17.4. The van der Waals surface area contributed by atoms with Gasteiger partial charge >= 0.3 is 5.97 Å². The highest BCUT2D eigenvalue weighted by molar-refractivity contribution is 7.03. The molecule has 3 rings (SSSR count). The number of carboxylic acid groups (broad SMARTS) is 1. The molecule has 7 heteroatoms. The summed E-state index contributed by atoms with van der Waals surface area (Å²) in [6, 6.07) is 12.3. The van der Waals surface area contributed by atoms with Crippen LogP contribution in [0.2, 0.25) is 26.2 Å². The Labute approximate surface area is 204 Å². The van der Waals surface area contributed by atoms with Gasteiger partial charge in [0, 0.05) is 11.1 Å². The summed E-state index contributed by atoms with van der Waals surface area (Å²) >= 11 is 0. The zero-order valence-corrected chi connectivity index (χ0v) is 23.2. The van der Waals surface area contributed by atoms with E-state index in [0.29, 0.717) is 0 Å². The summed E-state index contributed by atoms with van der Waals surface area (Å²) in [7, 11) is -3.73. The van der Waals surface area contributed by atoms with Gasteiger partial charge in [-0.1, -0.05) is 79.2 Å². The maximum atomic E-state index is 13.2. The molecule has 1 atom stereocenters. The van der Waals surface area contributed by atoms with Gasteiger partial charge in [-0.25, -0.2) is 4.79 Å². The minimum atomic E-state index is -2.09. The molecule has 1 unspecified atom stereocenters. The van der Waals surface area contributed by atoms with E-state index in [-0.39, 0.29) is 5.78 Å². The van der Waals surface area contributed by atoms with E-state index in [0.717, 1.165) is 29.2 Å². The minimum Gasteiger partial charge on any atom is -0.479 e. The summed E-state index contributed by atoms with van der Waals surface area (Å²) in [4.78, 5) is 23.5. The fraction of sp³-hybridized carbons (Fsp3) is 0.333. The molecule has 2 aromatic carbocycles. The van der Waals surface area contributed by atoms with Gasteiger partial charge < -0.3 is 15.3 Å². The summed E-state index contributed by atoms with van der Waals surface area (Å²) in [5.41, 5.74) is 4.40. The number of hydrogen-bond acceptors (Lipinski definition) is 4. The van der Waals surface area contributed by atoms with Crippen LogP contribution in [0, 0.1) is 0 Å². The van der Waals surface area contributed by atoms with Crippen molar-refractivity contribution in [2.75, 3.05) is 0 Å². The van der Waals surface area contributed by atoms with Gasteiger partial charge in [0.2, 0.25) is 0 Å². The van der Waals surface area contributed by atoms with E-state index in [9.17, 15) is 9.59 Å². The Morgan fingerprint density at radius 1 is 0.853 bits per heavy atom. The van der Waals surface area contributed by atoms with Crippen molar-refractivity contribution >= 4 is 38.3 Å². The van der Waals surface area contributed by atoms with Crippen LogP contribution in [0.5, 0.6) is 0 Å². The smallest absolute Gasteiger partial charge is 0.338 e. The average Bonchev–Trinajstić information content (AvgIpc) is 3.05. The highest BCUT2D eigenvalue weighted by Gasteiger charge is 2.44. The van der Waals surface area contributed by atoms with Crippen LogP contribution in [-0.4, -0.2) is 54.4 Å². The van der Waals surface area contributed by atoms with Crippen molar-refractivity contribution in [3.8, 4) is 11.1 Å². The SMILES string of the molecule is C=C[Si](C)(C)c1ccc2c(c1[Si](C)(C)C=C)C(=O)c1ccccc1-2.CC(C)(O)C(C)(O)C(=O)O. The van der Waals surface area contributed by atoms with Crippen molar-refractivity contribution in [1.82, 2.24) is 0 Å². The normalized spacial score (nSPS) is 14.8. The third-order valence-electron chi connectivity index (χ3n) is 6.86. The first-order valence-electron chi connectivity index (χ1n) is 11.2. The second kappa shape index (κ2) is 9.22. The van der Waals surface area contributed by atoms with Gasteiger partial charge in [-0.3, -0.25) is 4.79 Å². The third-order valence-corrected chi connectivity index (χ3v) is 12.8. The third kappa shape index (κ3) is 4.79. The Morgan fingerprint density at radius 3 is 1.76 bits per heavy atom. The molecule has 2 aromatic rings. The van der Waals surface area contributed by atoms with E-state index in [2.05, 4.69) is 68.9 Å². The van der Waals surface area contributed by atoms with E-state index >= 15 is 0 Å². The molecule has 0 aliphatic heterocycles. The number of aliphatic hydroxyl groups is 2. The molecule has 0 aromatic heterocycles. The monoisotopic (exact) mass is 496 g/mol. The zero-order valence-electron chi connectivity index (χ0n) is 21.2. The molecule has 0 saturated heterocycles. The maximum absolute atomic E-state index is 13.2. The maximum Gasteiger partial charge on any atom is 0.338 e. The summed E-state index contributed by atoms with van der Waals surface area (Å²) in [5.74, 6) is -1.26. The van der Waals surface area contributed by atoms with Crippen LogP contribution < -0.4 is 10.4 Å². The number of rotatable bonds is 6. The first-order chi connectivity index (χ1) is 15.4.